The van der Waals surface area contributed by atoms with Crippen LogP contribution in [-0.4, -0.2) is 28.0 Å². The molecule has 4 rings (SSSR count). The van der Waals surface area contributed by atoms with Crippen molar-refractivity contribution in [1.82, 2.24) is 15.0 Å². The highest BCUT2D eigenvalue weighted by Crippen LogP contribution is 2.25. The molecule has 0 spiro atoms. The maximum atomic E-state index is 12.7. The fourth-order valence-electron chi connectivity index (χ4n) is 2.70. The number of carbonyl (C=O) groups excluding carboxylic acids is 1. The molecule has 0 bridgehead atoms. The predicted molar refractivity (Wildman–Crippen MR) is 96.8 cm³/mol. The molecule has 0 aliphatic heterocycles. The number of nitrogens with zero attached hydrogens (tertiary/aromatic N) is 2. The summed E-state index contributed by atoms with van der Waals surface area (Å²) >= 11 is 0. The van der Waals surface area contributed by atoms with Crippen LogP contribution in [0.5, 0.6) is 5.75 Å². The Bertz CT molecular complexity index is 1100. The summed E-state index contributed by atoms with van der Waals surface area (Å²) in [6.07, 6.45) is 0. The summed E-state index contributed by atoms with van der Waals surface area (Å²) in [6, 6.07) is 14.5. The Morgan fingerprint density at radius 1 is 1.12 bits per heavy atom. The predicted octanol–water partition coefficient (Wildman–Crippen LogP) is 2.95. The van der Waals surface area contributed by atoms with Gasteiger partial charge in [0.15, 0.2) is 5.65 Å². The van der Waals surface area contributed by atoms with E-state index in [1.807, 2.05) is 24.3 Å². The lowest BCUT2D eigenvalue weighted by Crippen LogP contribution is -2.13. The number of hydrogen-bond acceptors (Lipinski definition) is 5. The molecule has 0 aliphatic carbocycles. The average molecular weight is 333 g/mol. The smallest absolute Gasteiger partial charge is 0.261 e. The van der Waals surface area contributed by atoms with Gasteiger partial charge in [-0.05, 0) is 24.3 Å². The number of fused-ring (bicyclic) bond motifs is 2. The van der Waals surface area contributed by atoms with Gasteiger partial charge in [-0.3, -0.25) is 4.79 Å². The number of methoxy groups -OCH3 is 1. The van der Waals surface area contributed by atoms with Crippen molar-refractivity contribution in [3.05, 3.63) is 54.1 Å². The van der Waals surface area contributed by atoms with E-state index in [4.69, 9.17) is 10.5 Å². The maximum absolute atomic E-state index is 12.7. The molecule has 0 atom stereocenters. The summed E-state index contributed by atoms with van der Waals surface area (Å²) in [5.74, 6) is 0.516. The van der Waals surface area contributed by atoms with E-state index < -0.39 is 0 Å². The molecule has 124 valence electrons. The van der Waals surface area contributed by atoms with Crippen molar-refractivity contribution >= 4 is 39.6 Å². The molecular formula is C18H15N5O2. The van der Waals surface area contributed by atoms with Gasteiger partial charge >= 0.3 is 0 Å². The third-order valence-corrected chi connectivity index (χ3v) is 3.88. The normalized spacial score (nSPS) is 10.9. The molecule has 7 heteroatoms. The van der Waals surface area contributed by atoms with Crippen LogP contribution < -0.4 is 15.8 Å². The van der Waals surface area contributed by atoms with E-state index >= 15 is 0 Å². The van der Waals surface area contributed by atoms with Crippen molar-refractivity contribution in [2.45, 2.75) is 0 Å². The van der Waals surface area contributed by atoms with Gasteiger partial charge in [-0.1, -0.05) is 18.2 Å². The number of rotatable bonds is 3. The minimum Gasteiger partial charge on any atom is -0.497 e. The van der Waals surface area contributed by atoms with Crippen molar-refractivity contribution in [3.8, 4) is 5.75 Å². The number of anilines is 2. The fourth-order valence-corrected chi connectivity index (χ4v) is 2.70. The van der Waals surface area contributed by atoms with Crippen LogP contribution in [0.1, 0.15) is 10.4 Å². The first-order valence-electron chi connectivity index (χ1n) is 7.65. The van der Waals surface area contributed by atoms with Crippen LogP contribution in [0.2, 0.25) is 0 Å². The van der Waals surface area contributed by atoms with Gasteiger partial charge < -0.3 is 20.8 Å². The first kappa shape index (κ1) is 14.9. The Hall–Kier alpha value is -3.61. The number of nitrogens with one attached hydrogen (secondary N) is 2. The van der Waals surface area contributed by atoms with Crippen LogP contribution in [0, 0.1) is 0 Å². The van der Waals surface area contributed by atoms with E-state index in [1.54, 1.807) is 31.4 Å². The molecule has 4 aromatic rings. The second kappa shape index (κ2) is 5.79. The lowest BCUT2D eigenvalue weighted by Gasteiger charge is -2.07. The van der Waals surface area contributed by atoms with Gasteiger partial charge in [0.05, 0.1) is 18.1 Å². The van der Waals surface area contributed by atoms with E-state index in [0.29, 0.717) is 28.1 Å². The quantitative estimate of drug-likeness (QED) is 0.534. The number of amides is 1. The highest BCUT2D eigenvalue weighted by atomic mass is 16.5. The minimum atomic E-state index is -0.360. The minimum absolute atomic E-state index is 0.228. The molecule has 2 heterocycles. The number of H-pyrrole nitrogens is 1. The Morgan fingerprint density at radius 2 is 1.88 bits per heavy atom. The second-order valence-electron chi connectivity index (χ2n) is 5.51. The van der Waals surface area contributed by atoms with Gasteiger partial charge in [0, 0.05) is 11.8 Å². The molecular weight excluding hydrogens is 318 g/mol. The molecule has 1 amide bonds. The number of aromatic amines is 1. The molecule has 4 N–H and O–H groups in total. The van der Waals surface area contributed by atoms with Crippen LogP contribution in [0.3, 0.4) is 0 Å². The molecule has 7 nitrogen and oxygen atoms in total. The summed E-state index contributed by atoms with van der Waals surface area (Å²) < 4.78 is 5.16. The zero-order valence-electron chi connectivity index (χ0n) is 13.4. The Labute approximate surface area is 142 Å². The number of nitrogens with two attached hydrogens (primary N) is 1. The van der Waals surface area contributed by atoms with Crippen LogP contribution in [0.15, 0.2) is 48.5 Å². The van der Waals surface area contributed by atoms with Crippen molar-refractivity contribution in [2.24, 2.45) is 0 Å². The van der Waals surface area contributed by atoms with Gasteiger partial charge in [0.25, 0.3) is 5.91 Å². The van der Waals surface area contributed by atoms with E-state index in [1.165, 1.54) is 0 Å². The monoisotopic (exact) mass is 333 g/mol. The molecule has 0 aliphatic rings. The third-order valence-electron chi connectivity index (χ3n) is 3.88. The molecule has 25 heavy (non-hydrogen) atoms. The van der Waals surface area contributed by atoms with Crippen LogP contribution in [-0.2, 0) is 0 Å². The lowest BCUT2D eigenvalue weighted by atomic mass is 10.2. The van der Waals surface area contributed by atoms with Gasteiger partial charge in [0.1, 0.15) is 22.6 Å². The van der Waals surface area contributed by atoms with Crippen molar-refractivity contribution in [2.75, 3.05) is 18.2 Å². The number of hydrogen-bond donors (Lipinski definition) is 3. The summed E-state index contributed by atoms with van der Waals surface area (Å²) in [7, 11) is 1.57. The summed E-state index contributed by atoms with van der Waals surface area (Å²) in [5.41, 5.74) is 9.23. The van der Waals surface area contributed by atoms with Crippen LogP contribution in [0.4, 0.5) is 11.5 Å². The Morgan fingerprint density at radius 3 is 2.64 bits per heavy atom. The standard InChI is InChI=1S/C18H15N5O2/c1-25-11-6-4-5-10(9-11)20-18(24)14-15-17(23-16(14)19)22-13-8-3-2-7-12(13)21-15/h2-9H,19H2,1H3,(H,20,24)(H,22,23). The second-order valence-corrected chi connectivity index (χ2v) is 5.51. The number of nitrogen functional groups attached to an aromatic ring is 1. The molecule has 0 unspecified atom stereocenters. The third kappa shape index (κ3) is 2.61. The number of para-hydroxylation sites is 2. The maximum Gasteiger partial charge on any atom is 0.261 e. The molecule has 2 aromatic carbocycles. The first-order chi connectivity index (χ1) is 12.2. The fraction of sp³-hybridized carbons (Fsp3) is 0.0556. The number of aromatic nitrogens is 3. The van der Waals surface area contributed by atoms with Crippen molar-refractivity contribution in [3.63, 3.8) is 0 Å². The average Bonchev–Trinajstić information content (AvgIpc) is 2.94. The van der Waals surface area contributed by atoms with Gasteiger partial charge in [-0.15, -0.1) is 0 Å². The zero-order valence-corrected chi connectivity index (χ0v) is 13.4. The first-order valence-corrected chi connectivity index (χ1v) is 7.65. The highest BCUT2D eigenvalue weighted by molar-refractivity contribution is 6.15. The molecule has 0 radical (unpaired) electrons. The number of ether oxygens (including phenoxy) is 1. The molecule has 0 saturated carbocycles. The number of benzene rings is 2. The topological polar surface area (TPSA) is 106 Å². The van der Waals surface area contributed by atoms with E-state index in [-0.39, 0.29) is 17.3 Å². The van der Waals surface area contributed by atoms with Crippen molar-refractivity contribution < 1.29 is 9.53 Å². The van der Waals surface area contributed by atoms with E-state index in [2.05, 4.69) is 20.3 Å². The summed E-state index contributed by atoms with van der Waals surface area (Å²) in [4.78, 5) is 24.7. The Kier molecular flexibility index (Phi) is 3.46. The molecule has 2 aromatic heterocycles. The molecule has 0 saturated heterocycles. The van der Waals surface area contributed by atoms with Crippen molar-refractivity contribution in [1.29, 1.82) is 0 Å². The van der Waals surface area contributed by atoms with Crippen LogP contribution in [0.25, 0.3) is 22.2 Å². The molecule has 0 fully saturated rings. The Balaban J connectivity index is 1.78. The van der Waals surface area contributed by atoms with Gasteiger partial charge in [-0.2, -0.15) is 0 Å². The number of carbonyl (C=O) groups is 1. The van der Waals surface area contributed by atoms with Crippen LogP contribution >= 0.6 is 0 Å². The van der Waals surface area contributed by atoms with Gasteiger partial charge in [0.2, 0.25) is 0 Å². The zero-order chi connectivity index (χ0) is 17.4. The SMILES string of the molecule is COc1cccc(NC(=O)c2c(N)[nH]c3nc4ccccc4nc23)c1. The van der Waals surface area contributed by atoms with E-state index in [9.17, 15) is 4.79 Å². The summed E-state index contributed by atoms with van der Waals surface area (Å²) in [6.45, 7) is 0. The largest absolute Gasteiger partial charge is 0.497 e. The van der Waals surface area contributed by atoms with E-state index in [0.717, 1.165) is 5.52 Å². The summed E-state index contributed by atoms with van der Waals surface area (Å²) in [5, 5.41) is 2.81. The van der Waals surface area contributed by atoms with Gasteiger partial charge in [-0.25, -0.2) is 9.97 Å². The highest BCUT2D eigenvalue weighted by Gasteiger charge is 2.20. The lowest BCUT2D eigenvalue weighted by molar-refractivity contribution is 0.102.